The van der Waals surface area contributed by atoms with Crippen molar-refractivity contribution < 1.29 is 9.47 Å². The van der Waals surface area contributed by atoms with E-state index in [1.54, 1.807) is 7.11 Å². The topological polar surface area (TPSA) is 30.5 Å². The van der Waals surface area contributed by atoms with E-state index in [-0.39, 0.29) is 0 Å². The van der Waals surface area contributed by atoms with Crippen LogP contribution in [0.15, 0.2) is 22.7 Å². The van der Waals surface area contributed by atoms with Gasteiger partial charge in [-0.15, -0.1) is 0 Å². The number of benzene rings is 1. The van der Waals surface area contributed by atoms with E-state index in [1.807, 2.05) is 13.1 Å². The van der Waals surface area contributed by atoms with E-state index in [4.69, 9.17) is 9.47 Å². The standard InChI is InChI=1S/C17H28BrNO2/c1-17(2,9-10-19-3)8-7-14-5-6-16(15(18)13-14)21-12-11-20-4/h5-6,13,19H,7-12H2,1-4H3. The first-order chi connectivity index (χ1) is 9.98. The maximum absolute atomic E-state index is 5.65. The second-order valence-corrected chi connectivity index (χ2v) is 6.98. The molecule has 0 aliphatic carbocycles. The van der Waals surface area contributed by atoms with Crippen molar-refractivity contribution in [2.45, 2.75) is 33.1 Å². The summed E-state index contributed by atoms with van der Waals surface area (Å²) >= 11 is 3.59. The predicted molar refractivity (Wildman–Crippen MR) is 92.2 cm³/mol. The number of methoxy groups -OCH3 is 1. The van der Waals surface area contributed by atoms with Crippen LogP contribution in [0, 0.1) is 5.41 Å². The molecule has 0 amide bonds. The molecule has 1 N–H and O–H groups in total. The van der Waals surface area contributed by atoms with E-state index in [0.717, 1.165) is 23.2 Å². The molecule has 0 radical (unpaired) electrons. The van der Waals surface area contributed by atoms with E-state index in [0.29, 0.717) is 18.6 Å². The van der Waals surface area contributed by atoms with Crippen LogP contribution < -0.4 is 10.1 Å². The maximum Gasteiger partial charge on any atom is 0.133 e. The number of rotatable bonds is 10. The molecular weight excluding hydrogens is 330 g/mol. The summed E-state index contributed by atoms with van der Waals surface area (Å²) in [6, 6.07) is 6.35. The molecule has 120 valence electrons. The van der Waals surface area contributed by atoms with Gasteiger partial charge in [0.05, 0.1) is 11.1 Å². The molecule has 3 nitrogen and oxygen atoms in total. The summed E-state index contributed by atoms with van der Waals surface area (Å²) in [4.78, 5) is 0. The Balaban J connectivity index is 2.51. The van der Waals surface area contributed by atoms with Crippen LogP contribution >= 0.6 is 15.9 Å². The minimum atomic E-state index is 0.364. The third-order valence-electron chi connectivity index (χ3n) is 3.68. The normalized spacial score (nSPS) is 11.7. The fourth-order valence-corrected chi connectivity index (χ4v) is 2.66. The SMILES string of the molecule is CNCCC(C)(C)CCc1ccc(OCCOC)c(Br)c1. The molecule has 0 bridgehead atoms. The van der Waals surface area contributed by atoms with Crippen molar-refractivity contribution in [3.63, 3.8) is 0 Å². The molecular formula is C17H28BrNO2. The van der Waals surface area contributed by atoms with E-state index >= 15 is 0 Å². The van der Waals surface area contributed by atoms with Crippen molar-refractivity contribution >= 4 is 15.9 Å². The third kappa shape index (κ3) is 7.30. The Morgan fingerprint density at radius 3 is 2.57 bits per heavy atom. The summed E-state index contributed by atoms with van der Waals surface area (Å²) in [5.74, 6) is 0.880. The van der Waals surface area contributed by atoms with Gasteiger partial charge >= 0.3 is 0 Å². The van der Waals surface area contributed by atoms with Crippen LogP contribution in [-0.4, -0.2) is 33.9 Å². The van der Waals surface area contributed by atoms with Gasteiger partial charge in [-0.25, -0.2) is 0 Å². The van der Waals surface area contributed by atoms with Gasteiger partial charge < -0.3 is 14.8 Å². The largest absolute Gasteiger partial charge is 0.490 e. The fourth-order valence-electron chi connectivity index (χ4n) is 2.12. The van der Waals surface area contributed by atoms with Crippen molar-refractivity contribution in [3.05, 3.63) is 28.2 Å². The van der Waals surface area contributed by atoms with Crippen LogP contribution in [0.5, 0.6) is 5.75 Å². The van der Waals surface area contributed by atoms with Crippen LogP contribution in [0.4, 0.5) is 0 Å². The molecule has 0 aliphatic heterocycles. The summed E-state index contributed by atoms with van der Waals surface area (Å²) in [7, 11) is 3.69. The lowest BCUT2D eigenvalue weighted by atomic mass is 9.83. The molecule has 0 saturated heterocycles. The molecule has 0 atom stereocenters. The molecule has 0 saturated carbocycles. The van der Waals surface area contributed by atoms with Crippen LogP contribution in [0.25, 0.3) is 0 Å². The van der Waals surface area contributed by atoms with Gasteiger partial charge in [0.15, 0.2) is 0 Å². The Hall–Kier alpha value is -0.580. The summed E-state index contributed by atoms with van der Waals surface area (Å²) < 4.78 is 11.7. The Labute approximate surface area is 137 Å². The molecule has 1 aromatic rings. The number of aryl methyl sites for hydroxylation is 1. The van der Waals surface area contributed by atoms with Gasteiger partial charge in [-0.1, -0.05) is 19.9 Å². The van der Waals surface area contributed by atoms with Gasteiger partial charge in [0, 0.05) is 7.11 Å². The van der Waals surface area contributed by atoms with Crippen molar-refractivity contribution in [3.8, 4) is 5.75 Å². The van der Waals surface area contributed by atoms with E-state index in [2.05, 4.69) is 47.2 Å². The smallest absolute Gasteiger partial charge is 0.133 e. The lowest BCUT2D eigenvalue weighted by Crippen LogP contribution is -2.20. The van der Waals surface area contributed by atoms with Crippen molar-refractivity contribution in [1.82, 2.24) is 5.32 Å². The second-order valence-electron chi connectivity index (χ2n) is 6.12. The molecule has 0 aromatic heterocycles. The van der Waals surface area contributed by atoms with Gasteiger partial charge in [-0.05, 0) is 71.9 Å². The molecule has 0 spiro atoms. The first-order valence-corrected chi connectivity index (χ1v) is 8.32. The zero-order chi connectivity index (χ0) is 15.7. The van der Waals surface area contributed by atoms with Crippen molar-refractivity contribution in [1.29, 1.82) is 0 Å². The highest BCUT2D eigenvalue weighted by atomic mass is 79.9. The van der Waals surface area contributed by atoms with Crippen LogP contribution in [-0.2, 0) is 11.2 Å². The molecule has 1 aromatic carbocycles. The molecule has 0 unspecified atom stereocenters. The summed E-state index contributed by atoms with van der Waals surface area (Å²) in [5.41, 5.74) is 1.71. The van der Waals surface area contributed by atoms with Gasteiger partial charge in [0.2, 0.25) is 0 Å². The summed E-state index contributed by atoms with van der Waals surface area (Å²) in [6.45, 7) is 6.92. The second kappa shape index (κ2) is 9.44. The highest BCUT2D eigenvalue weighted by Crippen LogP contribution is 2.30. The first kappa shape index (κ1) is 18.5. The van der Waals surface area contributed by atoms with Crippen molar-refractivity contribution in [2.24, 2.45) is 5.41 Å². The van der Waals surface area contributed by atoms with Gasteiger partial charge in [-0.3, -0.25) is 0 Å². The van der Waals surface area contributed by atoms with Gasteiger partial charge in [0.1, 0.15) is 12.4 Å². The molecule has 21 heavy (non-hydrogen) atoms. The van der Waals surface area contributed by atoms with Crippen LogP contribution in [0.3, 0.4) is 0 Å². The van der Waals surface area contributed by atoms with Crippen LogP contribution in [0.1, 0.15) is 32.3 Å². The molecule has 4 heteroatoms. The Morgan fingerprint density at radius 1 is 1.19 bits per heavy atom. The fraction of sp³-hybridized carbons (Fsp3) is 0.647. The van der Waals surface area contributed by atoms with Crippen molar-refractivity contribution in [2.75, 3.05) is 33.9 Å². The number of nitrogens with one attached hydrogen (secondary N) is 1. The monoisotopic (exact) mass is 357 g/mol. The Bertz CT molecular complexity index is 421. The zero-order valence-corrected chi connectivity index (χ0v) is 15.3. The number of hydrogen-bond acceptors (Lipinski definition) is 3. The predicted octanol–water partition coefficient (Wildman–Crippen LogP) is 4.04. The highest BCUT2D eigenvalue weighted by Gasteiger charge is 2.17. The Morgan fingerprint density at radius 2 is 1.95 bits per heavy atom. The van der Waals surface area contributed by atoms with Gasteiger partial charge in [-0.2, -0.15) is 0 Å². The number of halogens is 1. The van der Waals surface area contributed by atoms with Gasteiger partial charge in [0.25, 0.3) is 0 Å². The molecule has 0 heterocycles. The summed E-state index contributed by atoms with van der Waals surface area (Å²) in [5, 5.41) is 3.23. The average molecular weight is 358 g/mol. The molecule has 1 rings (SSSR count). The summed E-state index contributed by atoms with van der Waals surface area (Å²) in [6.07, 6.45) is 3.47. The zero-order valence-electron chi connectivity index (χ0n) is 13.7. The Kier molecular flexibility index (Phi) is 8.30. The quantitative estimate of drug-likeness (QED) is 0.641. The van der Waals surface area contributed by atoms with E-state index in [9.17, 15) is 0 Å². The molecule has 0 aliphatic rings. The minimum absolute atomic E-state index is 0.364. The number of hydrogen-bond donors (Lipinski definition) is 1. The third-order valence-corrected chi connectivity index (χ3v) is 4.30. The number of ether oxygens (including phenoxy) is 2. The first-order valence-electron chi connectivity index (χ1n) is 7.53. The van der Waals surface area contributed by atoms with E-state index < -0.39 is 0 Å². The lowest BCUT2D eigenvalue weighted by molar-refractivity contribution is 0.146. The minimum Gasteiger partial charge on any atom is -0.490 e. The lowest BCUT2D eigenvalue weighted by Gasteiger charge is -2.24. The van der Waals surface area contributed by atoms with E-state index in [1.165, 1.54) is 18.4 Å². The molecule has 0 fully saturated rings. The maximum atomic E-state index is 5.65. The highest BCUT2D eigenvalue weighted by molar-refractivity contribution is 9.10. The average Bonchev–Trinajstić information content (AvgIpc) is 2.45. The van der Waals surface area contributed by atoms with Crippen LogP contribution in [0.2, 0.25) is 0 Å².